The number of nitrogens with one attached hydrogen (secondary N) is 1. The van der Waals surface area contributed by atoms with Crippen LogP contribution < -0.4 is 10.8 Å². The number of likely N-dealkylation sites (tertiary alicyclic amines) is 1. The second-order valence-electron chi connectivity index (χ2n) is 11.6. The molecule has 3 aliphatic rings. The van der Waals surface area contributed by atoms with Crippen LogP contribution in [0.1, 0.15) is 56.6 Å². The van der Waals surface area contributed by atoms with Gasteiger partial charge in [0.05, 0.1) is 11.3 Å². The Morgan fingerprint density at radius 2 is 1.81 bits per heavy atom. The molecule has 1 amide bonds. The number of hydrogen-bond donors (Lipinski definition) is 2. The van der Waals surface area contributed by atoms with Gasteiger partial charge in [0, 0.05) is 37.3 Å². The van der Waals surface area contributed by atoms with E-state index in [-0.39, 0.29) is 23.7 Å². The van der Waals surface area contributed by atoms with Crippen LogP contribution in [0.4, 0.5) is 0 Å². The van der Waals surface area contributed by atoms with E-state index in [9.17, 15) is 9.90 Å². The van der Waals surface area contributed by atoms with Crippen molar-refractivity contribution < 1.29 is 14.6 Å². The molecule has 0 bridgehead atoms. The number of para-hydroxylation sites is 1. The van der Waals surface area contributed by atoms with Crippen LogP contribution in [0.15, 0.2) is 78.2 Å². The Morgan fingerprint density at radius 3 is 2.55 bits per heavy atom. The topological polar surface area (TPSA) is 79.6 Å². The molecule has 2 radical (unpaired) electrons. The average Bonchev–Trinajstić information content (AvgIpc) is 3.39. The fraction of sp³-hybridized carbons (Fsp3) is 0.353. The highest BCUT2D eigenvalue weighted by molar-refractivity contribution is 6.34. The summed E-state index contributed by atoms with van der Waals surface area (Å²) in [6, 6.07) is 17.5. The minimum Gasteiger partial charge on any atom is -0.507 e. The van der Waals surface area contributed by atoms with E-state index in [4.69, 9.17) is 12.6 Å². The number of piperidine rings is 1. The summed E-state index contributed by atoms with van der Waals surface area (Å²) in [7, 11) is 6.38. The van der Waals surface area contributed by atoms with E-state index in [1.54, 1.807) is 12.3 Å². The molecule has 8 heteroatoms. The summed E-state index contributed by atoms with van der Waals surface area (Å²) >= 11 is 0. The Balaban J connectivity index is 1.14. The zero-order valence-corrected chi connectivity index (χ0v) is 24.5. The van der Waals surface area contributed by atoms with E-state index < -0.39 is 0 Å². The number of phenols is 1. The van der Waals surface area contributed by atoms with E-state index in [1.807, 2.05) is 71.1 Å². The number of carbonyl (C=O) groups excluding carboxylic acids is 1. The monoisotopic (exact) mass is 560 g/mol. The Morgan fingerprint density at radius 1 is 1.10 bits per heavy atom. The number of nitrogens with zero attached hydrogens (tertiary/aromatic N) is 3. The number of carbonyl (C=O) groups is 1. The van der Waals surface area contributed by atoms with Gasteiger partial charge in [-0.3, -0.25) is 10.1 Å². The molecule has 0 saturated carbocycles. The van der Waals surface area contributed by atoms with Gasteiger partial charge in [-0.15, -0.1) is 0 Å². The van der Waals surface area contributed by atoms with Crippen molar-refractivity contribution in [1.82, 2.24) is 20.0 Å². The molecule has 7 nitrogen and oxygen atoms in total. The van der Waals surface area contributed by atoms with Gasteiger partial charge < -0.3 is 14.7 Å². The molecular formula is C34H37BN4O3. The summed E-state index contributed by atoms with van der Waals surface area (Å²) in [5, 5.41) is 19.1. The van der Waals surface area contributed by atoms with Crippen LogP contribution in [0.3, 0.4) is 0 Å². The van der Waals surface area contributed by atoms with Crippen LogP contribution in [0.2, 0.25) is 0 Å². The third kappa shape index (κ3) is 5.09. The smallest absolute Gasteiger partial charge is 0.257 e. The van der Waals surface area contributed by atoms with Crippen molar-refractivity contribution in [3.63, 3.8) is 0 Å². The number of aromatic hydroxyl groups is 1. The van der Waals surface area contributed by atoms with Crippen molar-refractivity contribution in [2.24, 2.45) is 11.8 Å². The molecule has 3 aliphatic heterocycles. The largest absolute Gasteiger partial charge is 0.507 e. The van der Waals surface area contributed by atoms with Crippen LogP contribution in [0.25, 0.3) is 16.7 Å². The molecule has 2 aromatic carbocycles. The SMILES string of the molecule is [B]c1cnn2c1C(C)=C(c1ccccc1O)C(C)C2NCC1CCN(C(=O)C2=C(C)OCC=C2c2ccccc2)CC1. The normalized spacial score (nSPS) is 21.2. The number of hydrogen-bond acceptors (Lipinski definition) is 5. The molecule has 0 aliphatic carbocycles. The number of benzene rings is 2. The zero-order valence-electron chi connectivity index (χ0n) is 24.5. The zero-order chi connectivity index (χ0) is 29.4. The summed E-state index contributed by atoms with van der Waals surface area (Å²) < 4.78 is 7.78. The van der Waals surface area contributed by atoms with Crippen LogP contribution in [-0.4, -0.2) is 59.8 Å². The van der Waals surface area contributed by atoms with E-state index in [1.165, 1.54) is 0 Å². The summed E-state index contributed by atoms with van der Waals surface area (Å²) in [5.41, 5.74) is 7.12. The summed E-state index contributed by atoms with van der Waals surface area (Å²) in [6.45, 7) is 8.79. The number of ether oxygens (including phenoxy) is 1. The van der Waals surface area contributed by atoms with Crippen LogP contribution in [0, 0.1) is 11.8 Å². The molecule has 1 saturated heterocycles. The van der Waals surface area contributed by atoms with Gasteiger partial charge >= 0.3 is 0 Å². The lowest BCUT2D eigenvalue weighted by Crippen LogP contribution is -2.44. The van der Waals surface area contributed by atoms with Gasteiger partial charge in [0.1, 0.15) is 32.1 Å². The first-order valence-corrected chi connectivity index (χ1v) is 14.8. The van der Waals surface area contributed by atoms with Crippen molar-refractivity contribution in [1.29, 1.82) is 0 Å². The molecule has 2 atom stereocenters. The number of allylic oxidation sites excluding steroid dienone is 2. The number of fused-ring (bicyclic) bond motifs is 1. The van der Waals surface area contributed by atoms with Gasteiger partial charge in [-0.1, -0.05) is 60.9 Å². The molecule has 0 spiro atoms. The molecular weight excluding hydrogens is 523 g/mol. The maximum Gasteiger partial charge on any atom is 0.257 e. The summed E-state index contributed by atoms with van der Waals surface area (Å²) in [6.07, 6.45) is 5.43. The average molecular weight is 561 g/mol. The highest BCUT2D eigenvalue weighted by Gasteiger charge is 2.35. The number of amides is 1. The molecule has 1 aromatic heterocycles. The van der Waals surface area contributed by atoms with E-state index in [2.05, 4.69) is 24.3 Å². The molecule has 1 fully saturated rings. The van der Waals surface area contributed by atoms with Crippen molar-refractivity contribution in [3.05, 3.63) is 95.0 Å². The molecule has 2 unspecified atom stereocenters. The minimum atomic E-state index is -0.110. The molecule has 6 rings (SSSR count). The predicted molar refractivity (Wildman–Crippen MR) is 167 cm³/mol. The quantitative estimate of drug-likeness (QED) is 0.429. The molecule has 2 N–H and O–H groups in total. The first kappa shape index (κ1) is 28.1. The maximum absolute atomic E-state index is 13.8. The Bertz CT molecular complexity index is 1580. The third-order valence-electron chi connectivity index (χ3n) is 8.99. The van der Waals surface area contributed by atoms with Gasteiger partial charge in [0.15, 0.2) is 0 Å². The van der Waals surface area contributed by atoms with Crippen LogP contribution in [0.5, 0.6) is 5.75 Å². The number of aromatic nitrogens is 2. The second kappa shape index (κ2) is 11.7. The summed E-state index contributed by atoms with van der Waals surface area (Å²) in [5.74, 6) is 1.46. The standard InChI is InChI=1S/C34H37BN4O3/c1-21-30(27-11-7-8-12-29(27)40)22(2)33(39-32(21)28(35)20-37-39)36-19-24-13-16-38(17-14-24)34(41)31-23(3)42-18-15-26(31)25-9-5-4-6-10-25/h4-12,15,20,22,24,33,36,40H,13-14,16-19H2,1-3H3. The first-order valence-electron chi connectivity index (χ1n) is 14.8. The fourth-order valence-electron chi connectivity index (χ4n) is 6.77. The van der Waals surface area contributed by atoms with Gasteiger partial charge in [0.2, 0.25) is 0 Å². The molecule has 42 heavy (non-hydrogen) atoms. The lowest BCUT2D eigenvalue weighted by Gasteiger charge is -2.38. The van der Waals surface area contributed by atoms with Crippen LogP contribution in [-0.2, 0) is 9.53 Å². The van der Waals surface area contributed by atoms with Crippen molar-refractivity contribution in [3.8, 4) is 5.75 Å². The fourth-order valence-corrected chi connectivity index (χ4v) is 6.77. The highest BCUT2D eigenvalue weighted by Crippen LogP contribution is 2.43. The highest BCUT2D eigenvalue weighted by atomic mass is 16.5. The second-order valence-corrected chi connectivity index (χ2v) is 11.6. The number of phenolic OH excluding ortho intramolecular Hbond substituents is 1. The molecule has 214 valence electrons. The third-order valence-corrected chi connectivity index (χ3v) is 8.99. The predicted octanol–water partition coefficient (Wildman–Crippen LogP) is 4.68. The Kier molecular flexibility index (Phi) is 7.82. The lowest BCUT2D eigenvalue weighted by molar-refractivity contribution is -0.128. The van der Waals surface area contributed by atoms with Gasteiger partial charge in [-0.05, 0) is 67.0 Å². The first-order chi connectivity index (χ1) is 20.3. The van der Waals surface area contributed by atoms with Gasteiger partial charge in [0.25, 0.3) is 5.91 Å². The number of rotatable bonds is 6. The van der Waals surface area contributed by atoms with E-state index in [0.29, 0.717) is 42.4 Å². The van der Waals surface area contributed by atoms with E-state index >= 15 is 0 Å². The lowest BCUT2D eigenvalue weighted by atomic mass is 9.81. The minimum absolute atomic E-state index is 0.0409. The molecule has 4 heterocycles. The van der Waals surface area contributed by atoms with Gasteiger partial charge in [-0.2, -0.15) is 5.10 Å². The van der Waals surface area contributed by atoms with Gasteiger partial charge in [-0.25, -0.2) is 4.68 Å². The van der Waals surface area contributed by atoms with Crippen molar-refractivity contribution in [2.75, 3.05) is 26.2 Å². The van der Waals surface area contributed by atoms with Crippen molar-refractivity contribution >= 4 is 35.9 Å². The Labute approximate surface area is 249 Å². The summed E-state index contributed by atoms with van der Waals surface area (Å²) in [4.78, 5) is 15.7. The van der Waals surface area contributed by atoms with Crippen LogP contribution >= 0.6 is 0 Å². The maximum atomic E-state index is 13.8. The molecule has 3 aromatic rings. The van der Waals surface area contributed by atoms with E-state index in [0.717, 1.165) is 52.9 Å². The van der Waals surface area contributed by atoms with Crippen molar-refractivity contribution in [2.45, 2.75) is 39.8 Å². The Hall–Kier alpha value is -4.04.